The third-order valence-corrected chi connectivity index (χ3v) is 3.05. The highest BCUT2D eigenvalue weighted by atomic mass is 35.5. The van der Waals surface area contributed by atoms with Crippen LogP contribution in [0.2, 0.25) is 5.02 Å². The molecule has 19 heavy (non-hydrogen) atoms. The van der Waals surface area contributed by atoms with Crippen LogP contribution in [0.4, 0.5) is 5.69 Å². The Morgan fingerprint density at radius 1 is 1.37 bits per heavy atom. The summed E-state index contributed by atoms with van der Waals surface area (Å²) in [4.78, 5) is 14.8. The van der Waals surface area contributed by atoms with Gasteiger partial charge in [0, 0.05) is 6.20 Å². The number of carbonyl (C=O) groups is 1. The van der Waals surface area contributed by atoms with E-state index in [0.29, 0.717) is 11.6 Å². The van der Waals surface area contributed by atoms with Crippen LogP contribution in [-0.4, -0.2) is 16.1 Å². The van der Waals surface area contributed by atoms with Crippen LogP contribution < -0.4 is 5.32 Å². The number of pyridine rings is 1. The van der Waals surface area contributed by atoms with Crippen molar-refractivity contribution in [1.82, 2.24) is 4.98 Å². The average Bonchev–Trinajstić information content (AvgIpc) is 2.38. The van der Waals surface area contributed by atoms with E-state index in [1.165, 1.54) is 12.3 Å². The number of anilines is 1. The van der Waals surface area contributed by atoms with Crippen molar-refractivity contribution in [2.45, 2.75) is 13.5 Å². The summed E-state index contributed by atoms with van der Waals surface area (Å²) in [5.41, 5.74) is 2.85. The Balaban J connectivity index is 2.08. The molecule has 0 aliphatic rings. The van der Waals surface area contributed by atoms with Gasteiger partial charge in [0.15, 0.2) is 0 Å². The molecule has 0 saturated heterocycles. The van der Waals surface area contributed by atoms with Crippen molar-refractivity contribution >= 4 is 23.3 Å². The summed E-state index contributed by atoms with van der Waals surface area (Å²) in [6, 6.07) is 8.89. The molecule has 0 saturated carbocycles. The second-order valence-corrected chi connectivity index (χ2v) is 4.54. The van der Waals surface area contributed by atoms with E-state index in [4.69, 9.17) is 16.7 Å². The van der Waals surface area contributed by atoms with Crippen molar-refractivity contribution in [3.63, 3.8) is 0 Å². The number of nitrogens with zero attached hydrogens (tertiary/aromatic N) is 1. The number of aryl methyl sites for hydroxylation is 1. The molecule has 4 nitrogen and oxygen atoms in total. The summed E-state index contributed by atoms with van der Waals surface area (Å²) < 4.78 is 0. The number of rotatable bonds is 4. The SMILES string of the molecule is Cc1cccc(Cl)c1NCc1ccc(C(=O)O)cn1. The molecule has 0 amide bonds. The van der Waals surface area contributed by atoms with Gasteiger partial charge in [0.1, 0.15) is 0 Å². The lowest BCUT2D eigenvalue weighted by atomic mass is 10.2. The van der Waals surface area contributed by atoms with Crippen molar-refractivity contribution < 1.29 is 9.90 Å². The van der Waals surface area contributed by atoms with E-state index in [1.807, 2.05) is 25.1 Å². The first-order chi connectivity index (χ1) is 9.08. The number of carboxylic acid groups (broad SMARTS) is 1. The third kappa shape index (κ3) is 3.23. The highest BCUT2D eigenvalue weighted by Gasteiger charge is 2.05. The number of hydrogen-bond donors (Lipinski definition) is 2. The van der Waals surface area contributed by atoms with Crippen molar-refractivity contribution in [2.75, 3.05) is 5.32 Å². The van der Waals surface area contributed by atoms with E-state index >= 15 is 0 Å². The van der Waals surface area contributed by atoms with Crippen LogP contribution in [0.3, 0.4) is 0 Å². The lowest BCUT2D eigenvalue weighted by Gasteiger charge is -2.11. The standard InChI is InChI=1S/C14H13ClN2O2/c1-9-3-2-4-12(15)13(9)17-8-11-6-5-10(7-16-11)14(18)19/h2-7,17H,8H2,1H3,(H,18,19). The molecule has 0 fully saturated rings. The highest BCUT2D eigenvalue weighted by molar-refractivity contribution is 6.33. The van der Waals surface area contributed by atoms with Crippen LogP contribution in [0.25, 0.3) is 0 Å². The van der Waals surface area contributed by atoms with Crippen LogP contribution >= 0.6 is 11.6 Å². The Morgan fingerprint density at radius 3 is 2.74 bits per heavy atom. The average molecular weight is 277 g/mol. The molecule has 0 aliphatic heterocycles. The Hall–Kier alpha value is -2.07. The fourth-order valence-corrected chi connectivity index (χ4v) is 1.98. The number of para-hydroxylation sites is 1. The molecular formula is C14H13ClN2O2. The molecule has 0 unspecified atom stereocenters. The Kier molecular flexibility index (Phi) is 4.02. The second-order valence-electron chi connectivity index (χ2n) is 4.13. The number of hydrogen-bond acceptors (Lipinski definition) is 3. The summed E-state index contributed by atoms with van der Waals surface area (Å²) in [5.74, 6) is -0.978. The quantitative estimate of drug-likeness (QED) is 0.899. The molecule has 0 spiro atoms. The third-order valence-electron chi connectivity index (χ3n) is 2.74. The first-order valence-corrected chi connectivity index (χ1v) is 6.13. The van der Waals surface area contributed by atoms with Crippen LogP contribution in [0.1, 0.15) is 21.6 Å². The topological polar surface area (TPSA) is 62.2 Å². The largest absolute Gasteiger partial charge is 0.478 e. The van der Waals surface area contributed by atoms with Crippen molar-refractivity contribution in [2.24, 2.45) is 0 Å². The molecule has 1 heterocycles. The molecule has 0 atom stereocenters. The number of aromatic nitrogens is 1. The predicted molar refractivity (Wildman–Crippen MR) is 74.7 cm³/mol. The van der Waals surface area contributed by atoms with Gasteiger partial charge in [-0.3, -0.25) is 4.98 Å². The van der Waals surface area contributed by atoms with Crippen LogP contribution in [0.15, 0.2) is 36.5 Å². The first kappa shape index (κ1) is 13.4. The molecule has 2 rings (SSSR count). The zero-order valence-electron chi connectivity index (χ0n) is 10.4. The van der Waals surface area contributed by atoms with Gasteiger partial charge < -0.3 is 10.4 Å². The molecule has 0 radical (unpaired) electrons. The molecule has 2 aromatic rings. The molecule has 0 aliphatic carbocycles. The summed E-state index contributed by atoms with van der Waals surface area (Å²) >= 11 is 6.10. The van der Waals surface area contributed by atoms with E-state index in [2.05, 4.69) is 10.3 Å². The Labute approximate surface area is 116 Å². The van der Waals surface area contributed by atoms with Gasteiger partial charge in [-0.1, -0.05) is 23.7 Å². The van der Waals surface area contributed by atoms with E-state index in [1.54, 1.807) is 6.07 Å². The Morgan fingerprint density at radius 2 is 2.16 bits per heavy atom. The minimum absolute atomic E-state index is 0.178. The Bertz CT molecular complexity index is 577. The number of halogens is 1. The molecule has 98 valence electrons. The van der Waals surface area contributed by atoms with Gasteiger partial charge in [-0.05, 0) is 30.7 Å². The molecular weight excluding hydrogens is 264 g/mol. The number of carboxylic acids is 1. The maximum absolute atomic E-state index is 10.7. The summed E-state index contributed by atoms with van der Waals surface area (Å²) in [5, 5.41) is 12.6. The van der Waals surface area contributed by atoms with Gasteiger partial charge in [0.25, 0.3) is 0 Å². The molecule has 1 aromatic heterocycles. The smallest absolute Gasteiger partial charge is 0.337 e. The zero-order chi connectivity index (χ0) is 13.8. The van der Waals surface area contributed by atoms with Crippen molar-refractivity contribution in [3.8, 4) is 0 Å². The minimum Gasteiger partial charge on any atom is -0.478 e. The van der Waals surface area contributed by atoms with Gasteiger partial charge in [0.05, 0.1) is 28.5 Å². The maximum atomic E-state index is 10.7. The van der Waals surface area contributed by atoms with Crippen molar-refractivity contribution in [1.29, 1.82) is 0 Å². The second kappa shape index (κ2) is 5.71. The molecule has 2 N–H and O–H groups in total. The van der Waals surface area contributed by atoms with E-state index in [9.17, 15) is 4.79 Å². The molecule has 0 bridgehead atoms. The van der Waals surface area contributed by atoms with Crippen molar-refractivity contribution in [3.05, 3.63) is 58.4 Å². The predicted octanol–water partition coefficient (Wildman–Crippen LogP) is 3.35. The zero-order valence-corrected chi connectivity index (χ0v) is 11.1. The minimum atomic E-state index is -0.978. The van der Waals surface area contributed by atoms with Gasteiger partial charge in [-0.2, -0.15) is 0 Å². The number of aromatic carboxylic acids is 1. The monoisotopic (exact) mass is 276 g/mol. The first-order valence-electron chi connectivity index (χ1n) is 5.75. The molecule has 1 aromatic carbocycles. The summed E-state index contributed by atoms with van der Waals surface area (Å²) in [6.45, 7) is 2.46. The van der Waals surface area contributed by atoms with Gasteiger partial charge >= 0.3 is 5.97 Å². The summed E-state index contributed by atoms with van der Waals surface area (Å²) in [7, 11) is 0. The van der Waals surface area contributed by atoms with Gasteiger partial charge in [0.2, 0.25) is 0 Å². The van der Waals surface area contributed by atoms with Crippen LogP contribution in [-0.2, 0) is 6.54 Å². The maximum Gasteiger partial charge on any atom is 0.337 e. The van der Waals surface area contributed by atoms with E-state index < -0.39 is 5.97 Å². The molecule has 5 heteroatoms. The summed E-state index contributed by atoms with van der Waals surface area (Å²) in [6.07, 6.45) is 1.35. The van der Waals surface area contributed by atoms with Gasteiger partial charge in [-0.25, -0.2) is 4.79 Å². The highest BCUT2D eigenvalue weighted by Crippen LogP contribution is 2.25. The fraction of sp³-hybridized carbons (Fsp3) is 0.143. The lowest BCUT2D eigenvalue weighted by molar-refractivity contribution is 0.0696. The van der Waals surface area contributed by atoms with Crippen LogP contribution in [0.5, 0.6) is 0 Å². The lowest BCUT2D eigenvalue weighted by Crippen LogP contribution is -2.05. The number of benzene rings is 1. The fourth-order valence-electron chi connectivity index (χ4n) is 1.69. The van der Waals surface area contributed by atoms with E-state index in [-0.39, 0.29) is 5.56 Å². The normalized spacial score (nSPS) is 10.2. The van der Waals surface area contributed by atoms with Gasteiger partial charge in [-0.15, -0.1) is 0 Å². The van der Waals surface area contributed by atoms with E-state index in [0.717, 1.165) is 16.9 Å². The van der Waals surface area contributed by atoms with Crippen LogP contribution in [0, 0.1) is 6.92 Å². The number of nitrogens with one attached hydrogen (secondary N) is 1.